The molecular formula is C12H14ClN3. The minimum atomic E-state index is -0.163. The SMILES string of the molecule is Cc1cc(C(N)c2ccc(Cl)cc2)n(C)n1. The average Bonchev–Trinajstić information content (AvgIpc) is 2.58. The molecule has 2 rings (SSSR count). The molecule has 1 heterocycles. The molecule has 3 nitrogen and oxygen atoms in total. The maximum absolute atomic E-state index is 6.18. The molecule has 84 valence electrons. The third-order valence-electron chi connectivity index (χ3n) is 2.59. The van der Waals surface area contributed by atoms with Gasteiger partial charge in [-0.2, -0.15) is 5.10 Å². The number of hydrogen-bond donors (Lipinski definition) is 1. The van der Waals surface area contributed by atoms with Crippen molar-refractivity contribution >= 4 is 11.6 Å². The number of aryl methyl sites for hydroxylation is 2. The predicted molar refractivity (Wildman–Crippen MR) is 65.4 cm³/mol. The van der Waals surface area contributed by atoms with E-state index < -0.39 is 0 Å². The smallest absolute Gasteiger partial charge is 0.0723 e. The molecule has 1 aromatic heterocycles. The second-order valence-corrected chi connectivity index (χ2v) is 4.30. The second kappa shape index (κ2) is 4.28. The summed E-state index contributed by atoms with van der Waals surface area (Å²) in [6, 6.07) is 9.41. The van der Waals surface area contributed by atoms with Gasteiger partial charge < -0.3 is 5.73 Å². The van der Waals surface area contributed by atoms with Crippen LogP contribution in [0.3, 0.4) is 0 Å². The van der Waals surface area contributed by atoms with E-state index in [-0.39, 0.29) is 6.04 Å². The van der Waals surface area contributed by atoms with E-state index >= 15 is 0 Å². The van der Waals surface area contributed by atoms with Gasteiger partial charge in [0.2, 0.25) is 0 Å². The molecule has 2 N–H and O–H groups in total. The molecule has 0 amide bonds. The van der Waals surface area contributed by atoms with Gasteiger partial charge in [0.15, 0.2) is 0 Å². The van der Waals surface area contributed by atoms with Gasteiger partial charge in [-0.1, -0.05) is 23.7 Å². The van der Waals surface area contributed by atoms with Crippen molar-refractivity contribution in [3.63, 3.8) is 0 Å². The Bertz CT molecular complexity index is 487. The number of hydrogen-bond acceptors (Lipinski definition) is 2. The zero-order valence-corrected chi connectivity index (χ0v) is 10.1. The van der Waals surface area contributed by atoms with Gasteiger partial charge in [-0.05, 0) is 30.7 Å². The van der Waals surface area contributed by atoms with E-state index in [1.54, 1.807) is 0 Å². The van der Waals surface area contributed by atoms with Gasteiger partial charge in [0.1, 0.15) is 0 Å². The lowest BCUT2D eigenvalue weighted by molar-refractivity contribution is 0.669. The van der Waals surface area contributed by atoms with Crippen molar-refractivity contribution in [1.82, 2.24) is 9.78 Å². The summed E-state index contributed by atoms with van der Waals surface area (Å²) in [7, 11) is 1.90. The van der Waals surface area contributed by atoms with Crippen molar-refractivity contribution in [3.8, 4) is 0 Å². The summed E-state index contributed by atoms with van der Waals surface area (Å²) >= 11 is 5.84. The lowest BCUT2D eigenvalue weighted by atomic mass is 10.0. The molecule has 0 spiro atoms. The number of halogens is 1. The zero-order valence-electron chi connectivity index (χ0n) is 9.31. The minimum absolute atomic E-state index is 0.163. The number of rotatable bonds is 2. The van der Waals surface area contributed by atoms with Crippen LogP contribution >= 0.6 is 11.6 Å². The molecule has 0 aliphatic heterocycles. The first-order chi connectivity index (χ1) is 7.58. The highest BCUT2D eigenvalue weighted by molar-refractivity contribution is 6.30. The summed E-state index contributed by atoms with van der Waals surface area (Å²) in [6.07, 6.45) is 0. The van der Waals surface area contributed by atoms with Crippen molar-refractivity contribution in [1.29, 1.82) is 0 Å². The fraction of sp³-hybridized carbons (Fsp3) is 0.250. The van der Waals surface area contributed by atoms with E-state index in [0.29, 0.717) is 0 Å². The van der Waals surface area contributed by atoms with Crippen LogP contribution in [0.15, 0.2) is 30.3 Å². The summed E-state index contributed by atoms with van der Waals surface area (Å²) in [5.74, 6) is 0. The molecule has 2 aromatic rings. The van der Waals surface area contributed by atoms with Crippen LogP contribution in [-0.2, 0) is 7.05 Å². The maximum Gasteiger partial charge on any atom is 0.0723 e. The van der Waals surface area contributed by atoms with E-state index in [1.807, 2.05) is 49.0 Å². The summed E-state index contributed by atoms with van der Waals surface area (Å²) in [6.45, 7) is 1.96. The van der Waals surface area contributed by atoms with E-state index in [9.17, 15) is 0 Å². The standard InChI is InChI=1S/C12H14ClN3/c1-8-7-11(16(2)15-8)12(14)9-3-5-10(13)6-4-9/h3-7,12H,14H2,1-2H3. The molecule has 1 aromatic carbocycles. The van der Waals surface area contributed by atoms with Gasteiger partial charge in [-0.15, -0.1) is 0 Å². The minimum Gasteiger partial charge on any atom is -0.319 e. The summed E-state index contributed by atoms with van der Waals surface area (Å²) in [4.78, 5) is 0. The van der Waals surface area contributed by atoms with Crippen LogP contribution in [0.5, 0.6) is 0 Å². The maximum atomic E-state index is 6.18. The van der Waals surface area contributed by atoms with Crippen molar-refractivity contribution in [2.24, 2.45) is 12.8 Å². The monoisotopic (exact) mass is 235 g/mol. The van der Waals surface area contributed by atoms with E-state index in [2.05, 4.69) is 5.10 Å². The van der Waals surface area contributed by atoms with Crippen LogP contribution in [0.4, 0.5) is 0 Å². The summed E-state index contributed by atoms with van der Waals surface area (Å²) < 4.78 is 1.81. The number of nitrogens with two attached hydrogens (primary N) is 1. The van der Waals surface area contributed by atoms with Gasteiger partial charge in [0.25, 0.3) is 0 Å². The highest BCUT2D eigenvalue weighted by Crippen LogP contribution is 2.21. The van der Waals surface area contributed by atoms with E-state index in [0.717, 1.165) is 22.0 Å². The first-order valence-corrected chi connectivity index (χ1v) is 5.47. The number of benzene rings is 1. The normalized spacial score (nSPS) is 12.8. The lowest BCUT2D eigenvalue weighted by Gasteiger charge is -2.12. The molecule has 4 heteroatoms. The average molecular weight is 236 g/mol. The van der Waals surface area contributed by atoms with E-state index in [4.69, 9.17) is 17.3 Å². The van der Waals surface area contributed by atoms with E-state index in [1.165, 1.54) is 0 Å². The van der Waals surface area contributed by atoms with Crippen LogP contribution < -0.4 is 5.73 Å². The van der Waals surface area contributed by atoms with Crippen LogP contribution in [-0.4, -0.2) is 9.78 Å². The zero-order chi connectivity index (χ0) is 11.7. The van der Waals surface area contributed by atoms with Gasteiger partial charge in [-0.25, -0.2) is 0 Å². The number of nitrogens with zero attached hydrogens (tertiary/aromatic N) is 2. The molecule has 16 heavy (non-hydrogen) atoms. The molecule has 0 saturated heterocycles. The van der Waals surface area contributed by atoms with Crippen molar-refractivity contribution in [2.75, 3.05) is 0 Å². The van der Waals surface area contributed by atoms with Gasteiger partial charge in [0.05, 0.1) is 17.4 Å². The molecule has 1 unspecified atom stereocenters. The third-order valence-corrected chi connectivity index (χ3v) is 2.84. The fourth-order valence-corrected chi connectivity index (χ4v) is 1.89. The Morgan fingerprint density at radius 1 is 1.31 bits per heavy atom. The summed E-state index contributed by atoms with van der Waals surface area (Å²) in [5.41, 5.74) is 9.19. The Labute approximate surface area is 99.8 Å². The lowest BCUT2D eigenvalue weighted by Crippen LogP contribution is -2.15. The van der Waals surface area contributed by atoms with Crippen LogP contribution in [0, 0.1) is 6.92 Å². The Morgan fingerprint density at radius 2 is 1.94 bits per heavy atom. The van der Waals surface area contributed by atoms with Crippen LogP contribution in [0.1, 0.15) is 23.0 Å². The second-order valence-electron chi connectivity index (χ2n) is 3.86. The highest BCUT2D eigenvalue weighted by atomic mass is 35.5. The van der Waals surface area contributed by atoms with Gasteiger partial charge in [-0.3, -0.25) is 4.68 Å². The molecule has 0 bridgehead atoms. The predicted octanol–water partition coefficient (Wildman–Crippen LogP) is 2.43. The van der Waals surface area contributed by atoms with Gasteiger partial charge in [0, 0.05) is 12.1 Å². The molecule has 0 radical (unpaired) electrons. The van der Waals surface area contributed by atoms with Crippen LogP contribution in [0.2, 0.25) is 5.02 Å². The van der Waals surface area contributed by atoms with Crippen molar-refractivity contribution in [3.05, 3.63) is 52.3 Å². The Kier molecular flexibility index (Phi) is 2.99. The Hall–Kier alpha value is -1.32. The molecule has 0 aliphatic carbocycles. The summed E-state index contributed by atoms with van der Waals surface area (Å²) in [5, 5.41) is 5.01. The third kappa shape index (κ3) is 2.10. The Balaban J connectivity index is 2.35. The Morgan fingerprint density at radius 3 is 2.44 bits per heavy atom. The largest absolute Gasteiger partial charge is 0.319 e. The first-order valence-electron chi connectivity index (χ1n) is 5.09. The fourth-order valence-electron chi connectivity index (χ4n) is 1.76. The topological polar surface area (TPSA) is 43.8 Å². The van der Waals surface area contributed by atoms with Crippen molar-refractivity contribution < 1.29 is 0 Å². The van der Waals surface area contributed by atoms with Crippen LogP contribution in [0.25, 0.3) is 0 Å². The molecular weight excluding hydrogens is 222 g/mol. The quantitative estimate of drug-likeness (QED) is 0.869. The van der Waals surface area contributed by atoms with Crippen molar-refractivity contribution in [2.45, 2.75) is 13.0 Å². The molecule has 0 saturated carbocycles. The number of aromatic nitrogens is 2. The molecule has 1 atom stereocenters. The first kappa shape index (κ1) is 11.2. The molecule has 0 fully saturated rings. The highest BCUT2D eigenvalue weighted by Gasteiger charge is 2.13. The molecule has 0 aliphatic rings. The van der Waals surface area contributed by atoms with Gasteiger partial charge >= 0.3 is 0 Å².